The fraction of sp³-hybridized carbons (Fsp3) is 0.214. The van der Waals surface area contributed by atoms with Crippen LogP contribution in [0.5, 0.6) is 5.75 Å². The summed E-state index contributed by atoms with van der Waals surface area (Å²) in [5, 5.41) is 3.36. The van der Waals surface area contributed by atoms with Gasteiger partial charge in [0.2, 0.25) is 0 Å². The molecule has 0 radical (unpaired) electrons. The molecule has 0 spiro atoms. The van der Waals surface area contributed by atoms with Crippen molar-refractivity contribution < 1.29 is 4.74 Å². The van der Waals surface area contributed by atoms with E-state index in [2.05, 4.69) is 28.5 Å². The number of hydrogen-bond donors (Lipinski definition) is 1. The lowest BCUT2D eigenvalue weighted by Gasteiger charge is -2.08. The Balaban J connectivity index is 2.09. The quantitative estimate of drug-likeness (QED) is 0.855. The van der Waals surface area contributed by atoms with Crippen molar-refractivity contribution in [1.29, 1.82) is 0 Å². The lowest BCUT2D eigenvalue weighted by Crippen LogP contribution is -1.91. The molecule has 17 heavy (non-hydrogen) atoms. The van der Waals surface area contributed by atoms with Crippen molar-refractivity contribution in [3.05, 3.63) is 42.1 Å². The van der Waals surface area contributed by atoms with E-state index in [-0.39, 0.29) is 0 Å². The first-order valence-corrected chi connectivity index (χ1v) is 5.74. The second-order valence-electron chi connectivity index (χ2n) is 4.10. The standard InChI is InChI=1S/C14H14N2O/c1-17-13-3-2-7-16-14(13)11-4-5-12-10(9-11)6-8-15-12/h2-5,7,9,15H,6,8H2,1H3. The van der Waals surface area contributed by atoms with Gasteiger partial charge in [0, 0.05) is 24.0 Å². The van der Waals surface area contributed by atoms with Gasteiger partial charge in [0.15, 0.2) is 0 Å². The lowest BCUT2D eigenvalue weighted by molar-refractivity contribution is 0.415. The number of pyridine rings is 1. The third-order valence-electron chi connectivity index (χ3n) is 3.08. The van der Waals surface area contributed by atoms with E-state index < -0.39 is 0 Å². The lowest BCUT2D eigenvalue weighted by atomic mass is 10.1. The molecular formula is C14H14N2O. The maximum Gasteiger partial charge on any atom is 0.145 e. The van der Waals surface area contributed by atoms with Crippen LogP contribution in [0.4, 0.5) is 5.69 Å². The van der Waals surface area contributed by atoms with E-state index in [0.29, 0.717) is 0 Å². The zero-order valence-corrected chi connectivity index (χ0v) is 9.73. The first-order chi connectivity index (χ1) is 8.38. The van der Waals surface area contributed by atoms with Crippen LogP contribution in [0, 0.1) is 0 Å². The van der Waals surface area contributed by atoms with Crippen LogP contribution in [0.15, 0.2) is 36.5 Å². The highest BCUT2D eigenvalue weighted by atomic mass is 16.5. The number of hydrogen-bond acceptors (Lipinski definition) is 3. The molecule has 3 nitrogen and oxygen atoms in total. The fourth-order valence-corrected chi connectivity index (χ4v) is 2.22. The van der Waals surface area contributed by atoms with Gasteiger partial charge in [-0.2, -0.15) is 0 Å². The van der Waals surface area contributed by atoms with Gasteiger partial charge in [-0.15, -0.1) is 0 Å². The molecule has 0 fully saturated rings. The van der Waals surface area contributed by atoms with Crippen molar-refractivity contribution in [3.8, 4) is 17.0 Å². The number of ether oxygens (including phenoxy) is 1. The number of methoxy groups -OCH3 is 1. The molecule has 0 unspecified atom stereocenters. The van der Waals surface area contributed by atoms with E-state index in [0.717, 1.165) is 30.0 Å². The smallest absolute Gasteiger partial charge is 0.145 e. The summed E-state index contributed by atoms with van der Waals surface area (Å²) in [6, 6.07) is 10.2. The molecule has 0 bridgehead atoms. The van der Waals surface area contributed by atoms with Crippen LogP contribution in [0.1, 0.15) is 5.56 Å². The Hall–Kier alpha value is -2.03. The first-order valence-electron chi connectivity index (χ1n) is 5.74. The van der Waals surface area contributed by atoms with Crippen molar-refractivity contribution >= 4 is 5.69 Å². The molecule has 0 amide bonds. The summed E-state index contributed by atoms with van der Waals surface area (Å²) < 4.78 is 5.34. The topological polar surface area (TPSA) is 34.1 Å². The van der Waals surface area contributed by atoms with Crippen LogP contribution >= 0.6 is 0 Å². The Morgan fingerprint density at radius 3 is 3.12 bits per heavy atom. The van der Waals surface area contributed by atoms with E-state index in [4.69, 9.17) is 4.74 Å². The van der Waals surface area contributed by atoms with E-state index in [1.165, 1.54) is 11.3 Å². The molecule has 1 aromatic heterocycles. The molecule has 1 aliphatic rings. The Kier molecular flexibility index (Phi) is 2.44. The molecule has 3 heteroatoms. The van der Waals surface area contributed by atoms with Crippen LogP contribution in [0.25, 0.3) is 11.3 Å². The minimum Gasteiger partial charge on any atom is -0.494 e. The van der Waals surface area contributed by atoms with Crippen LogP contribution in [-0.2, 0) is 6.42 Å². The fourth-order valence-electron chi connectivity index (χ4n) is 2.22. The van der Waals surface area contributed by atoms with Gasteiger partial charge in [0.25, 0.3) is 0 Å². The third kappa shape index (κ3) is 1.73. The molecule has 0 atom stereocenters. The molecule has 2 aromatic rings. The highest BCUT2D eigenvalue weighted by Crippen LogP contribution is 2.31. The number of anilines is 1. The molecule has 0 saturated heterocycles. The normalized spacial score (nSPS) is 13.0. The van der Waals surface area contributed by atoms with Crippen molar-refractivity contribution in [2.75, 3.05) is 19.0 Å². The summed E-state index contributed by atoms with van der Waals surface area (Å²) in [4.78, 5) is 4.40. The first kappa shape index (κ1) is 10.1. The Labute approximate surface area is 100 Å². The van der Waals surface area contributed by atoms with E-state index >= 15 is 0 Å². The summed E-state index contributed by atoms with van der Waals surface area (Å²) in [7, 11) is 1.68. The maximum atomic E-state index is 5.34. The number of aromatic nitrogens is 1. The minimum absolute atomic E-state index is 0.818. The molecule has 1 aliphatic heterocycles. The maximum absolute atomic E-state index is 5.34. The van der Waals surface area contributed by atoms with Crippen molar-refractivity contribution in [2.24, 2.45) is 0 Å². The van der Waals surface area contributed by atoms with Gasteiger partial charge < -0.3 is 10.1 Å². The van der Waals surface area contributed by atoms with Crippen molar-refractivity contribution in [2.45, 2.75) is 6.42 Å². The predicted octanol–water partition coefficient (Wildman–Crippen LogP) is 2.73. The minimum atomic E-state index is 0.818. The third-order valence-corrected chi connectivity index (χ3v) is 3.08. The second kappa shape index (κ2) is 4.09. The number of benzene rings is 1. The van der Waals surface area contributed by atoms with Crippen molar-refractivity contribution in [3.63, 3.8) is 0 Å². The monoisotopic (exact) mass is 226 g/mol. The Morgan fingerprint density at radius 1 is 1.29 bits per heavy atom. The average molecular weight is 226 g/mol. The van der Waals surface area contributed by atoms with Crippen LogP contribution in [-0.4, -0.2) is 18.6 Å². The summed E-state index contributed by atoms with van der Waals surface area (Å²) in [5.74, 6) is 0.818. The summed E-state index contributed by atoms with van der Waals surface area (Å²) in [5.41, 5.74) is 4.62. The highest BCUT2D eigenvalue weighted by molar-refractivity contribution is 5.71. The number of nitrogens with zero attached hydrogens (tertiary/aromatic N) is 1. The molecule has 3 rings (SSSR count). The van der Waals surface area contributed by atoms with Gasteiger partial charge in [0.1, 0.15) is 11.4 Å². The van der Waals surface area contributed by atoms with Crippen LogP contribution in [0.3, 0.4) is 0 Å². The molecule has 2 heterocycles. The van der Waals surface area contributed by atoms with Crippen LogP contribution in [0.2, 0.25) is 0 Å². The van der Waals surface area contributed by atoms with Crippen LogP contribution < -0.4 is 10.1 Å². The SMILES string of the molecule is COc1cccnc1-c1ccc2c(c1)CCN2. The predicted molar refractivity (Wildman–Crippen MR) is 68.4 cm³/mol. The molecule has 1 aromatic carbocycles. The van der Waals surface area contributed by atoms with Gasteiger partial charge in [-0.05, 0) is 36.2 Å². The van der Waals surface area contributed by atoms with Crippen molar-refractivity contribution in [1.82, 2.24) is 4.98 Å². The molecule has 0 saturated carbocycles. The highest BCUT2D eigenvalue weighted by Gasteiger charge is 2.13. The Bertz CT molecular complexity index is 552. The zero-order chi connectivity index (χ0) is 11.7. The zero-order valence-electron chi connectivity index (χ0n) is 9.73. The van der Waals surface area contributed by atoms with Gasteiger partial charge in [-0.25, -0.2) is 0 Å². The molecule has 86 valence electrons. The number of fused-ring (bicyclic) bond motifs is 1. The molecule has 0 aliphatic carbocycles. The van der Waals surface area contributed by atoms with Gasteiger partial charge in [0.05, 0.1) is 7.11 Å². The second-order valence-corrected chi connectivity index (χ2v) is 4.10. The molecule has 1 N–H and O–H groups in total. The number of rotatable bonds is 2. The summed E-state index contributed by atoms with van der Waals surface area (Å²) in [6.07, 6.45) is 2.88. The van der Waals surface area contributed by atoms with Gasteiger partial charge in [-0.1, -0.05) is 6.07 Å². The summed E-state index contributed by atoms with van der Waals surface area (Å²) >= 11 is 0. The average Bonchev–Trinajstić information content (AvgIpc) is 2.85. The van der Waals surface area contributed by atoms with E-state index in [9.17, 15) is 0 Å². The van der Waals surface area contributed by atoms with Gasteiger partial charge >= 0.3 is 0 Å². The van der Waals surface area contributed by atoms with Gasteiger partial charge in [-0.3, -0.25) is 4.98 Å². The van der Waals surface area contributed by atoms with E-state index in [1.54, 1.807) is 13.3 Å². The van der Waals surface area contributed by atoms with E-state index in [1.807, 2.05) is 12.1 Å². The number of nitrogens with one attached hydrogen (secondary N) is 1. The summed E-state index contributed by atoms with van der Waals surface area (Å²) in [6.45, 7) is 1.03. The molecular weight excluding hydrogens is 212 g/mol. The largest absolute Gasteiger partial charge is 0.494 e. The Morgan fingerprint density at radius 2 is 2.24 bits per heavy atom.